The van der Waals surface area contributed by atoms with Crippen LogP contribution in [0.4, 0.5) is 0 Å². The normalized spacial score (nSPS) is 12.8. The van der Waals surface area contributed by atoms with Crippen LogP contribution < -0.4 is 0 Å². The van der Waals surface area contributed by atoms with Gasteiger partial charge in [-0.05, 0) is 25.0 Å². The lowest BCUT2D eigenvalue weighted by Gasteiger charge is -2.09. The Kier molecular flexibility index (Phi) is 3.75. The minimum absolute atomic E-state index is 0.584. The van der Waals surface area contributed by atoms with Gasteiger partial charge in [0.15, 0.2) is 0 Å². The Morgan fingerprint density at radius 1 is 1.10 bits per heavy atom. The number of nitrogens with zero attached hydrogens (tertiary/aromatic N) is 1. The fraction of sp³-hybridized carbons (Fsp3) is 0.222. The molecule has 0 aliphatic carbocycles. The summed E-state index contributed by atoms with van der Waals surface area (Å²) in [6.45, 7) is 4.54. The summed E-state index contributed by atoms with van der Waals surface area (Å²) in [5, 5.41) is 11.7. The van der Waals surface area contributed by atoms with Gasteiger partial charge in [-0.15, -0.1) is 0 Å². The number of aromatic nitrogens is 1. The first-order valence-electron chi connectivity index (χ1n) is 7.08. The van der Waals surface area contributed by atoms with E-state index in [9.17, 15) is 5.11 Å². The fourth-order valence-electron chi connectivity index (χ4n) is 2.90. The maximum absolute atomic E-state index is 10.1. The number of benzene rings is 2. The Morgan fingerprint density at radius 3 is 2.48 bits per heavy atom. The summed E-state index contributed by atoms with van der Waals surface area (Å²) in [6.07, 6.45) is -0.584. The molecule has 0 radical (unpaired) electrons. The molecule has 1 N–H and O–H groups in total. The molecule has 3 rings (SSSR count). The van der Waals surface area contributed by atoms with Gasteiger partial charge in [0.1, 0.15) is 5.15 Å². The van der Waals surface area contributed by atoms with Crippen molar-refractivity contribution in [3.05, 3.63) is 70.4 Å². The molecule has 0 saturated carbocycles. The molecule has 3 heteroatoms. The molecule has 2 aromatic carbocycles. The molecule has 0 aliphatic heterocycles. The van der Waals surface area contributed by atoms with E-state index >= 15 is 0 Å². The van der Waals surface area contributed by atoms with E-state index in [1.165, 1.54) is 5.56 Å². The number of rotatable bonds is 3. The van der Waals surface area contributed by atoms with E-state index in [2.05, 4.69) is 29.7 Å². The van der Waals surface area contributed by atoms with Crippen LogP contribution in [-0.4, -0.2) is 9.67 Å². The largest absolute Gasteiger partial charge is 0.389 e. The molecule has 0 aliphatic rings. The quantitative estimate of drug-likeness (QED) is 0.745. The van der Waals surface area contributed by atoms with Crippen LogP contribution in [0.2, 0.25) is 5.15 Å². The molecule has 1 aromatic heterocycles. The highest BCUT2D eigenvalue weighted by atomic mass is 35.5. The number of para-hydroxylation sites is 1. The summed E-state index contributed by atoms with van der Waals surface area (Å²) in [4.78, 5) is 0. The van der Waals surface area contributed by atoms with E-state index in [-0.39, 0.29) is 0 Å². The molecule has 0 fully saturated rings. The number of halogens is 1. The smallest absolute Gasteiger partial charge is 0.116 e. The molecule has 0 spiro atoms. The van der Waals surface area contributed by atoms with E-state index in [0.717, 1.165) is 22.0 Å². The molecule has 3 aromatic rings. The lowest BCUT2D eigenvalue weighted by atomic mass is 10.1. The molecule has 1 atom stereocenters. The predicted octanol–water partition coefficient (Wildman–Crippen LogP) is 4.70. The molecule has 0 amide bonds. The molecule has 21 heavy (non-hydrogen) atoms. The van der Waals surface area contributed by atoms with Crippen molar-refractivity contribution in [3.8, 4) is 0 Å². The second-order valence-electron chi connectivity index (χ2n) is 5.42. The minimum atomic E-state index is -0.584. The summed E-state index contributed by atoms with van der Waals surface area (Å²) in [5.74, 6) is 0. The Morgan fingerprint density at radius 2 is 1.81 bits per heavy atom. The van der Waals surface area contributed by atoms with Crippen LogP contribution in [0.1, 0.15) is 29.7 Å². The van der Waals surface area contributed by atoms with E-state index in [1.54, 1.807) is 6.92 Å². The van der Waals surface area contributed by atoms with Crippen molar-refractivity contribution in [2.75, 3.05) is 0 Å². The molecular weight excluding hydrogens is 282 g/mol. The van der Waals surface area contributed by atoms with Gasteiger partial charge < -0.3 is 9.67 Å². The number of aliphatic hydroxyl groups is 1. The summed E-state index contributed by atoms with van der Waals surface area (Å²) in [5.41, 5.74) is 4.27. The number of aryl methyl sites for hydroxylation is 1. The zero-order valence-electron chi connectivity index (χ0n) is 12.2. The SMILES string of the molecule is Cc1cccc2c(C(C)O)c(Cl)n(Cc3ccccc3)c12. The highest BCUT2D eigenvalue weighted by molar-refractivity contribution is 6.32. The third-order valence-electron chi connectivity index (χ3n) is 3.86. The molecule has 1 heterocycles. The van der Waals surface area contributed by atoms with Gasteiger partial charge in [-0.1, -0.05) is 60.1 Å². The van der Waals surface area contributed by atoms with Crippen LogP contribution in [0.5, 0.6) is 0 Å². The van der Waals surface area contributed by atoms with Gasteiger partial charge in [-0.2, -0.15) is 0 Å². The average Bonchev–Trinajstić information content (AvgIpc) is 2.74. The van der Waals surface area contributed by atoms with Crippen LogP contribution in [0.3, 0.4) is 0 Å². The standard InChI is InChI=1S/C18H18ClNO/c1-12-7-6-10-15-16(13(2)21)18(19)20(17(12)15)11-14-8-4-3-5-9-14/h3-10,13,21H,11H2,1-2H3. The van der Waals surface area contributed by atoms with Gasteiger partial charge in [0.2, 0.25) is 0 Å². The van der Waals surface area contributed by atoms with Gasteiger partial charge in [-0.3, -0.25) is 0 Å². The highest BCUT2D eigenvalue weighted by Crippen LogP contribution is 2.36. The zero-order valence-corrected chi connectivity index (χ0v) is 12.9. The van der Waals surface area contributed by atoms with Crippen molar-refractivity contribution in [2.24, 2.45) is 0 Å². The third-order valence-corrected chi connectivity index (χ3v) is 4.27. The fourth-order valence-corrected chi connectivity index (χ4v) is 3.31. The second kappa shape index (κ2) is 5.55. The number of hydrogen-bond acceptors (Lipinski definition) is 1. The van der Waals surface area contributed by atoms with Crippen LogP contribution in [-0.2, 0) is 6.54 Å². The first-order valence-corrected chi connectivity index (χ1v) is 7.46. The van der Waals surface area contributed by atoms with Crippen LogP contribution >= 0.6 is 11.6 Å². The Bertz CT molecular complexity index is 775. The molecule has 2 nitrogen and oxygen atoms in total. The van der Waals surface area contributed by atoms with Crippen LogP contribution in [0, 0.1) is 6.92 Å². The summed E-state index contributed by atoms with van der Waals surface area (Å²) < 4.78 is 2.09. The topological polar surface area (TPSA) is 25.2 Å². The number of hydrogen-bond donors (Lipinski definition) is 1. The van der Waals surface area contributed by atoms with Gasteiger partial charge in [-0.25, -0.2) is 0 Å². The minimum Gasteiger partial charge on any atom is -0.389 e. The van der Waals surface area contributed by atoms with E-state index < -0.39 is 6.10 Å². The lowest BCUT2D eigenvalue weighted by Crippen LogP contribution is -2.01. The molecule has 0 bridgehead atoms. The Balaban J connectivity index is 2.24. The molecule has 0 saturated heterocycles. The van der Waals surface area contributed by atoms with Crippen molar-refractivity contribution in [1.82, 2.24) is 4.57 Å². The molecule has 1 unspecified atom stereocenters. The first-order chi connectivity index (χ1) is 10.1. The third kappa shape index (κ3) is 2.45. The highest BCUT2D eigenvalue weighted by Gasteiger charge is 2.20. The van der Waals surface area contributed by atoms with Gasteiger partial charge >= 0.3 is 0 Å². The van der Waals surface area contributed by atoms with Gasteiger partial charge in [0.05, 0.1) is 11.6 Å². The van der Waals surface area contributed by atoms with Crippen LogP contribution in [0.15, 0.2) is 48.5 Å². The van der Waals surface area contributed by atoms with Crippen molar-refractivity contribution >= 4 is 22.5 Å². The Hall–Kier alpha value is -1.77. The monoisotopic (exact) mass is 299 g/mol. The summed E-state index contributed by atoms with van der Waals surface area (Å²) in [7, 11) is 0. The number of fused-ring (bicyclic) bond motifs is 1. The summed E-state index contributed by atoms with van der Waals surface area (Å²) in [6, 6.07) is 16.3. The van der Waals surface area contributed by atoms with E-state index in [4.69, 9.17) is 11.6 Å². The van der Waals surface area contributed by atoms with Crippen molar-refractivity contribution in [1.29, 1.82) is 0 Å². The number of aliphatic hydroxyl groups excluding tert-OH is 1. The van der Waals surface area contributed by atoms with Gasteiger partial charge in [0, 0.05) is 17.5 Å². The van der Waals surface area contributed by atoms with E-state index in [0.29, 0.717) is 11.7 Å². The molecular formula is C18H18ClNO. The first kappa shape index (κ1) is 14.2. The average molecular weight is 300 g/mol. The maximum atomic E-state index is 10.1. The lowest BCUT2D eigenvalue weighted by molar-refractivity contribution is 0.200. The van der Waals surface area contributed by atoms with Crippen LogP contribution in [0.25, 0.3) is 10.9 Å². The van der Waals surface area contributed by atoms with Crippen molar-refractivity contribution < 1.29 is 5.11 Å². The van der Waals surface area contributed by atoms with Crippen molar-refractivity contribution in [2.45, 2.75) is 26.5 Å². The van der Waals surface area contributed by atoms with Crippen molar-refractivity contribution in [3.63, 3.8) is 0 Å². The van der Waals surface area contributed by atoms with E-state index in [1.807, 2.05) is 30.3 Å². The summed E-state index contributed by atoms with van der Waals surface area (Å²) >= 11 is 6.57. The molecule has 108 valence electrons. The van der Waals surface area contributed by atoms with Gasteiger partial charge in [0.25, 0.3) is 0 Å². The second-order valence-corrected chi connectivity index (χ2v) is 5.78. The Labute approximate surface area is 129 Å². The predicted molar refractivity (Wildman–Crippen MR) is 87.9 cm³/mol. The maximum Gasteiger partial charge on any atom is 0.116 e. The zero-order chi connectivity index (χ0) is 15.0.